The number of rotatable bonds is 7. The van der Waals surface area contributed by atoms with E-state index in [0.717, 1.165) is 29.0 Å². The first-order chi connectivity index (χ1) is 14.5. The van der Waals surface area contributed by atoms with Gasteiger partial charge in [-0.3, -0.25) is 4.79 Å². The SMILES string of the molecule is CCCNC(=O)N(C)CC(=O)N1N=C(c2ccc(OC)cc2)CC1c1ccccc1. The number of benzene rings is 2. The number of urea groups is 1. The molecular formula is C23H28N4O3. The number of amides is 3. The van der Waals surface area contributed by atoms with Gasteiger partial charge in [0.2, 0.25) is 0 Å². The van der Waals surface area contributed by atoms with Gasteiger partial charge in [-0.05, 0) is 41.8 Å². The van der Waals surface area contributed by atoms with Gasteiger partial charge >= 0.3 is 6.03 Å². The van der Waals surface area contributed by atoms with Crippen molar-refractivity contribution >= 4 is 17.6 Å². The molecule has 2 aromatic carbocycles. The molecule has 1 N–H and O–H groups in total. The Morgan fingerprint density at radius 1 is 1.17 bits per heavy atom. The van der Waals surface area contributed by atoms with E-state index in [4.69, 9.17) is 4.74 Å². The van der Waals surface area contributed by atoms with Crippen LogP contribution in [0, 0.1) is 0 Å². The average Bonchev–Trinajstić information content (AvgIpc) is 3.23. The molecule has 30 heavy (non-hydrogen) atoms. The van der Waals surface area contributed by atoms with Gasteiger partial charge in [-0.25, -0.2) is 9.80 Å². The second-order valence-electron chi connectivity index (χ2n) is 7.23. The van der Waals surface area contributed by atoms with Crippen LogP contribution in [0.3, 0.4) is 0 Å². The number of nitrogens with one attached hydrogen (secondary N) is 1. The number of hydrogen-bond acceptors (Lipinski definition) is 4. The summed E-state index contributed by atoms with van der Waals surface area (Å²) in [6.07, 6.45) is 1.44. The third kappa shape index (κ3) is 4.97. The first kappa shape index (κ1) is 21.4. The van der Waals surface area contributed by atoms with E-state index >= 15 is 0 Å². The molecule has 1 aliphatic rings. The van der Waals surface area contributed by atoms with E-state index in [-0.39, 0.29) is 24.5 Å². The lowest BCUT2D eigenvalue weighted by Crippen LogP contribution is -2.43. The summed E-state index contributed by atoms with van der Waals surface area (Å²) in [5.74, 6) is 0.547. The first-order valence-corrected chi connectivity index (χ1v) is 10.1. The maximum Gasteiger partial charge on any atom is 0.317 e. The fourth-order valence-electron chi connectivity index (χ4n) is 3.35. The fourth-order valence-corrected chi connectivity index (χ4v) is 3.35. The highest BCUT2D eigenvalue weighted by molar-refractivity contribution is 6.03. The number of carbonyl (C=O) groups is 2. The molecule has 0 aromatic heterocycles. The van der Waals surface area contributed by atoms with Gasteiger partial charge < -0.3 is 15.0 Å². The zero-order valence-electron chi connectivity index (χ0n) is 17.7. The molecule has 0 aliphatic carbocycles. The third-order valence-electron chi connectivity index (χ3n) is 5.02. The molecule has 1 unspecified atom stereocenters. The molecule has 0 spiro atoms. The Kier molecular flexibility index (Phi) is 7.06. The Bertz CT molecular complexity index is 896. The monoisotopic (exact) mass is 408 g/mol. The summed E-state index contributed by atoms with van der Waals surface area (Å²) >= 11 is 0. The fraction of sp³-hybridized carbons (Fsp3) is 0.348. The van der Waals surface area contributed by atoms with E-state index in [1.807, 2.05) is 61.5 Å². The van der Waals surface area contributed by atoms with Crippen LogP contribution in [0.1, 0.15) is 36.9 Å². The minimum atomic E-state index is -0.264. The lowest BCUT2D eigenvalue weighted by Gasteiger charge is -2.25. The van der Waals surface area contributed by atoms with Gasteiger partial charge in [0, 0.05) is 20.0 Å². The molecule has 158 valence electrons. The minimum Gasteiger partial charge on any atom is -0.497 e. The number of methoxy groups -OCH3 is 1. The summed E-state index contributed by atoms with van der Waals surface area (Å²) in [6.45, 7) is 2.52. The van der Waals surface area contributed by atoms with E-state index in [1.165, 1.54) is 9.91 Å². The predicted octanol–water partition coefficient (Wildman–Crippen LogP) is 3.42. The Morgan fingerprint density at radius 2 is 1.87 bits per heavy atom. The summed E-state index contributed by atoms with van der Waals surface area (Å²) in [5, 5.41) is 8.94. The molecule has 0 bridgehead atoms. The van der Waals surface area contributed by atoms with Crippen molar-refractivity contribution in [3.05, 3.63) is 65.7 Å². The summed E-state index contributed by atoms with van der Waals surface area (Å²) in [6, 6.07) is 17.0. The maximum atomic E-state index is 13.1. The van der Waals surface area contributed by atoms with E-state index in [0.29, 0.717) is 13.0 Å². The lowest BCUT2D eigenvalue weighted by atomic mass is 9.98. The molecule has 0 radical (unpaired) electrons. The molecule has 3 amide bonds. The van der Waals surface area contributed by atoms with Crippen molar-refractivity contribution in [2.45, 2.75) is 25.8 Å². The van der Waals surface area contributed by atoms with Crippen LogP contribution in [-0.2, 0) is 4.79 Å². The molecule has 0 saturated heterocycles. The normalized spacial score (nSPS) is 15.5. The van der Waals surface area contributed by atoms with Gasteiger partial charge in [-0.2, -0.15) is 5.10 Å². The van der Waals surface area contributed by atoms with Crippen molar-refractivity contribution in [2.24, 2.45) is 5.10 Å². The maximum absolute atomic E-state index is 13.1. The van der Waals surface area contributed by atoms with Crippen LogP contribution in [0.2, 0.25) is 0 Å². The molecule has 1 atom stereocenters. The zero-order valence-corrected chi connectivity index (χ0v) is 17.7. The van der Waals surface area contributed by atoms with Crippen molar-refractivity contribution < 1.29 is 14.3 Å². The van der Waals surface area contributed by atoms with E-state index in [2.05, 4.69) is 10.4 Å². The third-order valence-corrected chi connectivity index (χ3v) is 5.02. The number of hydrogen-bond donors (Lipinski definition) is 1. The summed E-state index contributed by atoms with van der Waals surface area (Å²) in [5.41, 5.74) is 2.79. The zero-order chi connectivity index (χ0) is 21.5. The molecule has 7 heteroatoms. The van der Waals surface area contributed by atoms with Crippen molar-refractivity contribution in [3.8, 4) is 5.75 Å². The van der Waals surface area contributed by atoms with E-state index in [1.54, 1.807) is 14.2 Å². The first-order valence-electron chi connectivity index (χ1n) is 10.1. The Balaban J connectivity index is 1.81. The molecular weight excluding hydrogens is 380 g/mol. The minimum absolute atomic E-state index is 0.0434. The van der Waals surface area contributed by atoms with Gasteiger partial charge in [-0.15, -0.1) is 0 Å². The quantitative estimate of drug-likeness (QED) is 0.763. The van der Waals surface area contributed by atoms with Crippen LogP contribution >= 0.6 is 0 Å². The van der Waals surface area contributed by atoms with Gasteiger partial charge in [0.25, 0.3) is 5.91 Å². The van der Waals surface area contributed by atoms with Gasteiger partial charge in [0.1, 0.15) is 12.3 Å². The molecule has 1 aliphatic heterocycles. The summed E-state index contributed by atoms with van der Waals surface area (Å²) < 4.78 is 5.23. The van der Waals surface area contributed by atoms with Crippen LogP contribution in [0.15, 0.2) is 59.7 Å². The largest absolute Gasteiger partial charge is 0.497 e. The molecule has 3 rings (SSSR count). The number of nitrogens with zero attached hydrogens (tertiary/aromatic N) is 3. The second-order valence-corrected chi connectivity index (χ2v) is 7.23. The summed E-state index contributed by atoms with van der Waals surface area (Å²) in [7, 11) is 3.24. The Morgan fingerprint density at radius 3 is 2.50 bits per heavy atom. The summed E-state index contributed by atoms with van der Waals surface area (Å²) in [4.78, 5) is 26.6. The van der Waals surface area contributed by atoms with Crippen molar-refractivity contribution in [3.63, 3.8) is 0 Å². The second kappa shape index (κ2) is 9.91. The predicted molar refractivity (Wildman–Crippen MR) is 116 cm³/mol. The van der Waals surface area contributed by atoms with E-state index < -0.39 is 0 Å². The molecule has 7 nitrogen and oxygen atoms in total. The van der Waals surface area contributed by atoms with Gasteiger partial charge in [0.05, 0.1) is 18.9 Å². The van der Waals surface area contributed by atoms with Crippen LogP contribution < -0.4 is 10.1 Å². The van der Waals surface area contributed by atoms with Gasteiger partial charge in [0.15, 0.2) is 0 Å². The number of likely N-dealkylation sites (N-methyl/N-ethyl adjacent to an activating group) is 1. The Hall–Kier alpha value is -3.35. The van der Waals surface area contributed by atoms with Crippen molar-refractivity contribution in [1.29, 1.82) is 0 Å². The highest BCUT2D eigenvalue weighted by atomic mass is 16.5. The number of ether oxygens (including phenoxy) is 1. The Labute approximate surface area is 177 Å². The molecule has 2 aromatic rings. The van der Waals surface area contributed by atoms with Crippen LogP contribution in [0.5, 0.6) is 5.75 Å². The van der Waals surface area contributed by atoms with Gasteiger partial charge in [-0.1, -0.05) is 37.3 Å². The van der Waals surface area contributed by atoms with E-state index in [9.17, 15) is 9.59 Å². The molecule has 0 saturated carbocycles. The lowest BCUT2D eigenvalue weighted by molar-refractivity contribution is -0.133. The number of carbonyl (C=O) groups excluding carboxylic acids is 2. The van der Waals surface area contributed by atoms with Crippen molar-refractivity contribution in [2.75, 3.05) is 27.2 Å². The smallest absolute Gasteiger partial charge is 0.317 e. The standard InChI is InChI=1S/C23H28N4O3/c1-4-14-24-23(29)26(2)16-22(28)27-21(18-8-6-5-7-9-18)15-20(25-27)17-10-12-19(30-3)13-11-17/h5-13,21H,4,14-16H2,1-3H3,(H,24,29). The van der Waals surface area contributed by atoms with Crippen molar-refractivity contribution in [1.82, 2.24) is 15.2 Å². The topological polar surface area (TPSA) is 74.2 Å². The molecule has 1 heterocycles. The average molecular weight is 409 g/mol. The number of hydrazone groups is 1. The highest BCUT2D eigenvalue weighted by Crippen LogP contribution is 2.33. The van der Waals surface area contributed by atoms with Crippen LogP contribution in [-0.4, -0.2) is 54.8 Å². The highest BCUT2D eigenvalue weighted by Gasteiger charge is 2.33. The molecule has 0 fully saturated rings. The van der Waals surface area contributed by atoms with Crippen LogP contribution in [0.4, 0.5) is 4.79 Å². The van der Waals surface area contributed by atoms with Crippen LogP contribution in [0.25, 0.3) is 0 Å².